The lowest BCUT2D eigenvalue weighted by Gasteiger charge is -2.06. The lowest BCUT2D eigenvalue weighted by molar-refractivity contribution is 1.33. The van der Waals surface area contributed by atoms with Crippen molar-refractivity contribution in [1.29, 1.82) is 10.8 Å². The maximum Gasteiger partial charge on any atom is 0.197 e. The Kier molecular flexibility index (Phi) is 4.67. The van der Waals surface area contributed by atoms with Crippen LogP contribution in [-0.2, 0) is 0 Å². The molecule has 0 aliphatic heterocycles. The number of H-pyrrole nitrogens is 3. The van der Waals surface area contributed by atoms with Gasteiger partial charge < -0.3 is 26.4 Å². The van der Waals surface area contributed by atoms with Gasteiger partial charge in [0.05, 0.1) is 33.1 Å². The molecule has 0 fully saturated rings. The molecule has 7 rings (SSSR count). The molecular weight excluding hydrogens is 490 g/mol. The van der Waals surface area contributed by atoms with E-state index in [1.54, 1.807) is 36.4 Å². The fourth-order valence-electron chi connectivity index (χ4n) is 4.90. The number of hydrogen-bond acceptors (Lipinski definition) is 5. The van der Waals surface area contributed by atoms with Crippen LogP contribution < -0.4 is 16.9 Å². The molecule has 0 aliphatic rings. The highest BCUT2D eigenvalue weighted by molar-refractivity contribution is 6.00. The van der Waals surface area contributed by atoms with Crippen LogP contribution in [0.2, 0.25) is 0 Å². The van der Waals surface area contributed by atoms with Crippen molar-refractivity contribution in [3.8, 4) is 22.8 Å². The minimum absolute atomic E-state index is 0.0144. The molecule has 0 spiro atoms. The third-order valence-corrected chi connectivity index (χ3v) is 6.93. The highest BCUT2D eigenvalue weighted by atomic mass is 16.1. The van der Waals surface area contributed by atoms with E-state index in [0.29, 0.717) is 55.6 Å². The molecule has 0 radical (unpaired) electrons. The van der Waals surface area contributed by atoms with E-state index in [0.717, 1.165) is 22.2 Å². The smallest absolute Gasteiger partial charge is 0.197 e. The zero-order valence-corrected chi connectivity index (χ0v) is 20.4. The molecule has 0 bridgehead atoms. The van der Waals surface area contributed by atoms with Crippen LogP contribution in [0.25, 0.3) is 66.6 Å². The van der Waals surface area contributed by atoms with Crippen LogP contribution in [0.1, 0.15) is 11.1 Å². The second-order valence-corrected chi connectivity index (χ2v) is 9.44. The van der Waals surface area contributed by atoms with Gasteiger partial charge in [-0.05, 0) is 60.7 Å². The van der Waals surface area contributed by atoms with E-state index in [4.69, 9.17) is 22.3 Å². The summed E-state index contributed by atoms with van der Waals surface area (Å²) in [5.74, 6) is 1.27. The summed E-state index contributed by atoms with van der Waals surface area (Å²) in [7, 11) is 0. The predicted octanol–water partition coefficient (Wildman–Crippen LogP) is 4.34. The van der Waals surface area contributed by atoms with E-state index < -0.39 is 0 Å². The van der Waals surface area contributed by atoms with Crippen LogP contribution in [-0.4, -0.2) is 36.6 Å². The summed E-state index contributed by atoms with van der Waals surface area (Å²) in [6, 6.07) is 21.9. The molecule has 3 aromatic heterocycles. The SMILES string of the molecule is N=C(N)c1ccc2[nH]c(-c3ccc4c(=O)c5ccc(-c6nc7cc(C(=N)N)ccc7[nH]6)cc5[nH]c4c3)nc2c1. The van der Waals surface area contributed by atoms with Gasteiger partial charge in [0, 0.05) is 33.0 Å². The first-order chi connectivity index (χ1) is 18.8. The van der Waals surface area contributed by atoms with Gasteiger partial charge in [-0.1, -0.05) is 12.1 Å². The lowest BCUT2D eigenvalue weighted by Crippen LogP contribution is -2.10. The molecule has 0 saturated carbocycles. The van der Waals surface area contributed by atoms with Crippen molar-refractivity contribution < 1.29 is 0 Å². The highest BCUT2D eigenvalue weighted by Crippen LogP contribution is 2.27. The van der Waals surface area contributed by atoms with Crippen LogP contribution in [0.3, 0.4) is 0 Å². The van der Waals surface area contributed by atoms with Crippen LogP contribution in [0.15, 0.2) is 77.6 Å². The largest absolute Gasteiger partial charge is 0.384 e. The van der Waals surface area contributed by atoms with Gasteiger partial charge in [-0.2, -0.15) is 0 Å². The number of pyridine rings is 1. The van der Waals surface area contributed by atoms with Gasteiger partial charge in [-0.3, -0.25) is 15.6 Å². The Morgan fingerprint density at radius 2 is 1.05 bits per heavy atom. The molecule has 0 unspecified atom stereocenters. The van der Waals surface area contributed by atoms with Gasteiger partial charge >= 0.3 is 0 Å². The van der Waals surface area contributed by atoms with Gasteiger partial charge in [-0.25, -0.2) is 9.97 Å². The fraction of sp³-hybridized carbons (Fsp3) is 0. The number of nitrogens with one attached hydrogen (secondary N) is 5. The van der Waals surface area contributed by atoms with E-state index in [1.807, 2.05) is 36.4 Å². The lowest BCUT2D eigenvalue weighted by atomic mass is 10.1. The summed E-state index contributed by atoms with van der Waals surface area (Å²) in [4.78, 5) is 32.7. The third-order valence-electron chi connectivity index (χ3n) is 6.93. The quantitative estimate of drug-likeness (QED) is 0.105. The van der Waals surface area contributed by atoms with Crippen molar-refractivity contribution in [2.45, 2.75) is 0 Å². The normalized spacial score (nSPS) is 11.6. The maximum atomic E-state index is 13.3. The Labute approximate surface area is 219 Å². The van der Waals surface area contributed by atoms with Gasteiger partial charge in [0.2, 0.25) is 0 Å². The first kappa shape index (κ1) is 22.4. The molecule has 0 saturated heterocycles. The number of nitrogens with two attached hydrogens (primary N) is 2. The molecule has 10 heteroatoms. The van der Waals surface area contributed by atoms with E-state index in [-0.39, 0.29) is 17.1 Å². The molecule has 9 N–H and O–H groups in total. The van der Waals surface area contributed by atoms with E-state index in [1.165, 1.54) is 0 Å². The summed E-state index contributed by atoms with van der Waals surface area (Å²) in [6.45, 7) is 0. The number of hydrogen-bond donors (Lipinski definition) is 7. The van der Waals surface area contributed by atoms with Crippen molar-refractivity contribution in [3.63, 3.8) is 0 Å². The average Bonchev–Trinajstić information content (AvgIpc) is 3.56. The Hall–Kier alpha value is -5.77. The van der Waals surface area contributed by atoms with Gasteiger partial charge in [0.15, 0.2) is 5.43 Å². The van der Waals surface area contributed by atoms with Crippen LogP contribution in [0, 0.1) is 10.8 Å². The van der Waals surface area contributed by atoms with E-state index in [9.17, 15) is 4.79 Å². The number of imidazole rings is 2. The standard InChI is InChI=1S/C29H21N9O/c30-26(31)13-3-7-19-23(9-13)37-28(35-19)15-1-5-17-21(11-15)34-22-12-16(2-6-18(22)25(17)39)29-36-20-8-4-14(27(32)33)10-24(20)38-29/h1-12H,(H3,30,31)(H3,32,33)(H,34,39)(H,35,37)(H,36,38). The van der Waals surface area contributed by atoms with E-state index in [2.05, 4.69) is 24.9 Å². The first-order valence-electron chi connectivity index (χ1n) is 12.1. The fourth-order valence-corrected chi connectivity index (χ4v) is 4.90. The van der Waals surface area contributed by atoms with Crippen molar-refractivity contribution >= 4 is 55.5 Å². The number of aromatic amines is 3. The molecule has 3 heterocycles. The Morgan fingerprint density at radius 1 is 0.590 bits per heavy atom. The second-order valence-electron chi connectivity index (χ2n) is 9.44. The minimum atomic E-state index is -0.0664. The summed E-state index contributed by atoms with van der Waals surface area (Å²) in [5.41, 5.74) is 18.4. The number of benzene rings is 4. The van der Waals surface area contributed by atoms with Crippen LogP contribution >= 0.6 is 0 Å². The number of amidine groups is 2. The highest BCUT2D eigenvalue weighted by Gasteiger charge is 2.13. The topological polar surface area (TPSA) is 190 Å². The second kappa shape index (κ2) is 8.12. The molecule has 39 heavy (non-hydrogen) atoms. The maximum absolute atomic E-state index is 13.3. The number of aromatic nitrogens is 5. The molecular formula is C29H21N9O. The minimum Gasteiger partial charge on any atom is -0.384 e. The molecule has 0 aliphatic carbocycles. The van der Waals surface area contributed by atoms with Crippen LogP contribution in [0.5, 0.6) is 0 Å². The number of rotatable bonds is 4. The van der Waals surface area contributed by atoms with E-state index >= 15 is 0 Å². The number of fused-ring (bicyclic) bond motifs is 4. The van der Waals surface area contributed by atoms with Crippen molar-refractivity contribution in [2.75, 3.05) is 0 Å². The average molecular weight is 512 g/mol. The molecule has 188 valence electrons. The summed E-state index contributed by atoms with van der Waals surface area (Å²) in [6.07, 6.45) is 0. The van der Waals surface area contributed by atoms with Gasteiger partial charge in [0.25, 0.3) is 0 Å². The van der Waals surface area contributed by atoms with Gasteiger partial charge in [0.1, 0.15) is 23.3 Å². The Balaban J connectivity index is 1.33. The summed E-state index contributed by atoms with van der Waals surface area (Å²) < 4.78 is 0. The first-order valence-corrected chi connectivity index (χ1v) is 12.1. The van der Waals surface area contributed by atoms with Crippen molar-refractivity contribution in [2.24, 2.45) is 11.5 Å². The summed E-state index contributed by atoms with van der Waals surface area (Å²) >= 11 is 0. The molecule has 0 amide bonds. The number of nitrogen functional groups attached to an aromatic ring is 2. The Morgan fingerprint density at radius 3 is 1.49 bits per heavy atom. The van der Waals surface area contributed by atoms with Gasteiger partial charge in [-0.15, -0.1) is 0 Å². The molecule has 7 aromatic rings. The zero-order chi connectivity index (χ0) is 26.8. The Bertz CT molecular complexity index is 2070. The third kappa shape index (κ3) is 3.62. The van der Waals surface area contributed by atoms with Crippen molar-refractivity contribution in [1.82, 2.24) is 24.9 Å². The molecule has 4 aromatic carbocycles. The zero-order valence-electron chi connectivity index (χ0n) is 20.4. The molecule has 0 atom stereocenters. The number of nitrogens with zero attached hydrogens (tertiary/aromatic N) is 2. The monoisotopic (exact) mass is 511 g/mol. The van der Waals surface area contributed by atoms with Crippen molar-refractivity contribution in [3.05, 3.63) is 94.1 Å². The van der Waals surface area contributed by atoms with Crippen LogP contribution in [0.4, 0.5) is 0 Å². The molecule has 10 nitrogen and oxygen atoms in total. The summed E-state index contributed by atoms with van der Waals surface area (Å²) in [5, 5.41) is 16.5. The predicted molar refractivity (Wildman–Crippen MR) is 154 cm³/mol.